The lowest BCUT2D eigenvalue weighted by Crippen LogP contribution is -2.02. The molecule has 18 heavy (non-hydrogen) atoms. The summed E-state index contributed by atoms with van der Waals surface area (Å²) >= 11 is 5.87. The van der Waals surface area contributed by atoms with E-state index in [4.69, 9.17) is 22.1 Å². The highest BCUT2D eigenvalue weighted by Gasteiger charge is 2.04. The highest BCUT2D eigenvalue weighted by Crippen LogP contribution is 2.23. The van der Waals surface area contributed by atoms with E-state index >= 15 is 0 Å². The average molecular weight is 266 g/mol. The molecule has 0 aliphatic carbocycles. The van der Waals surface area contributed by atoms with Gasteiger partial charge in [-0.2, -0.15) is 0 Å². The quantitative estimate of drug-likeness (QED) is 0.918. The third-order valence-electron chi connectivity index (χ3n) is 2.53. The molecule has 0 aliphatic rings. The predicted molar refractivity (Wildman–Crippen MR) is 70.1 cm³/mol. The first-order valence-corrected chi connectivity index (χ1v) is 5.92. The number of nitrogens with two attached hydrogens (primary N) is 1. The van der Waals surface area contributed by atoms with Crippen molar-refractivity contribution in [3.05, 3.63) is 64.4 Å². The Labute approximate surface area is 110 Å². The molecule has 4 heteroatoms. The van der Waals surface area contributed by atoms with Crippen LogP contribution in [0.4, 0.5) is 4.39 Å². The molecule has 0 radical (unpaired) electrons. The van der Waals surface area contributed by atoms with E-state index < -0.39 is 0 Å². The minimum Gasteiger partial charge on any atom is -0.489 e. The van der Waals surface area contributed by atoms with E-state index in [0.29, 0.717) is 23.9 Å². The summed E-state index contributed by atoms with van der Waals surface area (Å²) in [6.45, 7) is 0.644. The van der Waals surface area contributed by atoms with Crippen molar-refractivity contribution in [3.63, 3.8) is 0 Å². The Morgan fingerprint density at radius 1 is 1.17 bits per heavy atom. The largest absolute Gasteiger partial charge is 0.489 e. The normalized spacial score (nSPS) is 10.4. The van der Waals surface area contributed by atoms with Gasteiger partial charge >= 0.3 is 0 Å². The number of rotatable bonds is 4. The number of hydrogen-bond donors (Lipinski definition) is 1. The molecule has 0 spiro atoms. The van der Waals surface area contributed by atoms with Crippen LogP contribution in [0.5, 0.6) is 5.75 Å². The van der Waals surface area contributed by atoms with Crippen LogP contribution in [0.25, 0.3) is 0 Å². The molecule has 2 rings (SSSR count). The maximum Gasteiger partial charge on any atom is 0.124 e. The second kappa shape index (κ2) is 5.85. The van der Waals surface area contributed by atoms with Gasteiger partial charge in [0, 0.05) is 17.1 Å². The van der Waals surface area contributed by atoms with Crippen LogP contribution in [-0.4, -0.2) is 0 Å². The zero-order chi connectivity index (χ0) is 13.0. The van der Waals surface area contributed by atoms with E-state index in [9.17, 15) is 4.39 Å². The molecule has 94 valence electrons. The van der Waals surface area contributed by atoms with E-state index in [1.165, 1.54) is 12.1 Å². The minimum atomic E-state index is -0.272. The molecular formula is C14H13ClFNO. The first kappa shape index (κ1) is 12.9. The predicted octanol–water partition coefficient (Wildman–Crippen LogP) is 3.52. The highest BCUT2D eigenvalue weighted by molar-refractivity contribution is 6.30. The number of hydrogen-bond acceptors (Lipinski definition) is 2. The van der Waals surface area contributed by atoms with Crippen LogP contribution in [0, 0.1) is 5.82 Å². The van der Waals surface area contributed by atoms with Crippen LogP contribution in [0.15, 0.2) is 42.5 Å². The molecule has 0 saturated carbocycles. The molecule has 0 fully saturated rings. The van der Waals surface area contributed by atoms with Crippen molar-refractivity contribution in [1.82, 2.24) is 0 Å². The Balaban J connectivity index is 2.10. The zero-order valence-corrected chi connectivity index (χ0v) is 10.5. The van der Waals surface area contributed by atoms with E-state index in [1.54, 1.807) is 30.3 Å². The Bertz CT molecular complexity index is 545. The van der Waals surface area contributed by atoms with Crippen LogP contribution in [0.3, 0.4) is 0 Å². The zero-order valence-electron chi connectivity index (χ0n) is 9.70. The van der Waals surface area contributed by atoms with Crippen molar-refractivity contribution in [1.29, 1.82) is 0 Å². The summed E-state index contributed by atoms with van der Waals surface area (Å²) in [6, 6.07) is 11.6. The van der Waals surface area contributed by atoms with Crippen molar-refractivity contribution in [3.8, 4) is 5.75 Å². The molecule has 0 atom stereocenters. The molecule has 0 bridgehead atoms. The average Bonchev–Trinajstić information content (AvgIpc) is 2.37. The summed E-state index contributed by atoms with van der Waals surface area (Å²) in [7, 11) is 0. The Kier molecular flexibility index (Phi) is 4.18. The summed E-state index contributed by atoms with van der Waals surface area (Å²) in [5.74, 6) is 0.400. The fourth-order valence-electron chi connectivity index (χ4n) is 1.64. The van der Waals surface area contributed by atoms with E-state index in [1.807, 2.05) is 0 Å². The molecule has 2 nitrogen and oxygen atoms in total. The lowest BCUT2D eigenvalue weighted by Gasteiger charge is -2.10. The molecule has 2 aromatic rings. The standard InChI is InChI=1S/C14H13ClFNO/c15-12-4-5-14(11(7-12)8-17)18-9-10-2-1-3-13(16)6-10/h1-7H,8-9,17H2. The van der Waals surface area contributed by atoms with E-state index in [-0.39, 0.29) is 5.82 Å². The monoisotopic (exact) mass is 265 g/mol. The SMILES string of the molecule is NCc1cc(Cl)ccc1OCc1cccc(F)c1. The fourth-order valence-corrected chi connectivity index (χ4v) is 1.83. The third-order valence-corrected chi connectivity index (χ3v) is 2.76. The van der Waals surface area contributed by atoms with Crippen molar-refractivity contribution in [2.45, 2.75) is 13.2 Å². The Morgan fingerprint density at radius 3 is 2.72 bits per heavy atom. The second-order valence-corrected chi connectivity index (χ2v) is 4.31. The Hall–Kier alpha value is -1.58. The molecule has 0 amide bonds. The van der Waals surface area contributed by atoms with Gasteiger partial charge in [0.2, 0.25) is 0 Å². The van der Waals surface area contributed by atoms with Gasteiger partial charge < -0.3 is 10.5 Å². The summed E-state index contributed by atoms with van der Waals surface area (Å²) < 4.78 is 18.6. The van der Waals surface area contributed by atoms with Gasteiger partial charge in [-0.1, -0.05) is 23.7 Å². The third kappa shape index (κ3) is 3.22. The molecule has 2 aromatic carbocycles. The lowest BCUT2D eigenvalue weighted by molar-refractivity contribution is 0.302. The first-order valence-electron chi connectivity index (χ1n) is 5.55. The van der Waals surface area contributed by atoms with Crippen LogP contribution in [-0.2, 0) is 13.2 Å². The summed E-state index contributed by atoms with van der Waals surface area (Å²) in [6.07, 6.45) is 0. The van der Waals surface area contributed by atoms with Crippen molar-refractivity contribution in [2.24, 2.45) is 5.73 Å². The molecule has 2 N–H and O–H groups in total. The smallest absolute Gasteiger partial charge is 0.124 e. The van der Waals surface area contributed by atoms with Gasteiger partial charge in [-0.05, 0) is 35.9 Å². The number of ether oxygens (including phenoxy) is 1. The van der Waals surface area contributed by atoms with E-state index in [0.717, 1.165) is 11.1 Å². The molecule has 0 aromatic heterocycles. The summed E-state index contributed by atoms with van der Waals surface area (Å²) in [5, 5.41) is 0.619. The van der Waals surface area contributed by atoms with Crippen LogP contribution in [0.1, 0.15) is 11.1 Å². The van der Waals surface area contributed by atoms with Gasteiger partial charge in [-0.25, -0.2) is 4.39 Å². The molecule has 0 saturated heterocycles. The van der Waals surface area contributed by atoms with E-state index in [2.05, 4.69) is 0 Å². The summed E-state index contributed by atoms with van der Waals surface area (Å²) in [4.78, 5) is 0. The number of halogens is 2. The van der Waals surface area contributed by atoms with Crippen LogP contribution < -0.4 is 10.5 Å². The van der Waals surface area contributed by atoms with Gasteiger partial charge in [-0.3, -0.25) is 0 Å². The molecule has 0 heterocycles. The topological polar surface area (TPSA) is 35.2 Å². The maximum atomic E-state index is 13.0. The van der Waals surface area contributed by atoms with Gasteiger partial charge in [0.05, 0.1) is 0 Å². The van der Waals surface area contributed by atoms with Gasteiger partial charge in [-0.15, -0.1) is 0 Å². The molecule has 0 unspecified atom stereocenters. The second-order valence-electron chi connectivity index (χ2n) is 3.87. The Morgan fingerprint density at radius 2 is 2.00 bits per heavy atom. The van der Waals surface area contributed by atoms with Crippen LogP contribution in [0.2, 0.25) is 5.02 Å². The minimum absolute atomic E-state index is 0.272. The maximum absolute atomic E-state index is 13.0. The van der Waals surface area contributed by atoms with Crippen molar-refractivity contribution >= 4 is 11.6 Å². The van der Waals surface area contributed by atoms with Gasteiger partial charge in [0.25, 0.3) is 0 Å². The highest BCUT2D eigenvalue weighted by atomic mass is 35.5. The number of benzene rings is 2. The molecular weight excluding hydrogens is 253 g/mol. The van der Waals surface area contributed by atoms with Crippen LogP contribution >= 0.6 is 11.6 Å². The van der Waals surface area contributed by atoms with Crippen molar-refractivity contribution in [2.75, 3.05) is 0 Å². The van der Waals surface area contributed by atoms with Gasteiger partial charge in [0.15, 0.2) is 0 Å². The fraction of sp³-hybridized carbons (Fsp3) is 0.143. The molecule has 0 aliphatic heterocycles. The lowest BCUT2D eigenvalue weighted by atomic mass is 10.2. The van der Waals surface area contributed by atoms with Crippen molar-refractivity contribution < 1.29 is 9.13 Å². The first-order chi connectivity index (χ1) is 8.69. The van der Waals surface area contributed by atoms with Gasteiger partial charge in [0.1, 0.15) is 18.2 Å². The summed E-state index contributed by atoms with van der Waals surface area (Å²) in [5.41, 5.74) is 7.22.